The molecule has 0 amide bonds. The molecule has 1 aromatic carbocycles. The van der Waals surface area contributed by atoms with Crippen molar-refractivity contribution in [2.24, 2.45) is 0 Å². The molecule has 0 aromatic heterocycles. The van der Waals surface area contributed by atoms with Crippen LogP contribution in [0.4, 0.5) is 5.69 Å². The maximum absolute atomic E-state index is 5.84. The van der Waals surface area contributed by atoms with Crippen LogP contribution in [-0.2, 0) is 4.74 Å². The van der Waals surface area contributed by atoms with E-state index in [-0.39, 0.29) is 12.2 Å². The fraction of sp³-hybridized carbons (Fsp3) is 0.571. The van der Waals surface area contributed by atoms with Crippen molar-refractivity contribution in [2.45, 2.75) is 39.9 Å². The van der Waals surface area contributed by atoms with E-state index in [0.29, 0.717) is 24.7 Å². The lowest BCUT2D eigenvalue weighted by molar-refractivity contribution is 0.0655. The minimum atomic E-state index is 0.000439. The molecule has 0 aliphatic rings. The second-order valence-corrected chi connectivity index (χ2v) is 4.45. The van der Waals surface area contributed by atoms with E-state index in [1.165, 1.54) is 0 Å². The highest BCUT2D eigenvalue weighted by Gasteiger charge is 2.08. The van der Waals surface area contributed by atoms with Crippen LogP contribution in [0.2, 0.25) is 0 Å². The molecule has 0 fully saturated rings. The summed E-state index contributed by atoms with van der Waals surface area (Å²) in [7, 11) is 0. The number of anilines is 1. The minimum Gasteiger partial charge on any atom is -0.489 e. The van der Waals surface area contributed by atoms with Crippen molar-refractivity contribution in [3.8, 4) is 11.5 Å². The summed E-state index contributed by atoms with van der Waals surface area (Å²) in [5.74, 6) is 1.40. The molecule has 102 valence electrons. The van der Waals surface area contributed by atoms with E-state index < -0.39 is 0 Å². The number of hydrogen-bond donors (Lipinski definition) is 1. The molecule has 0 saturated heterocycles. The van der Waals surface area contributed by atoms with Gasteiger partial charge in [-0.25, -0.2) is 0 Å². The zero-order chi connectivity index (χ0) is 13.5. The molecule has 0 bridgehead atoms. The van der Waals surface area contributed by atoms with Gasteiger partial charge in [0.1, 0.15) is 17.6 Å². The predicted octanol–water partition coefficient (Wildman–Crippen LogP) is 2.86. The minimum absolute atomic E-state index is 0.000439. The van der Waals surface area contributed by atoms with Crippen molar-refractivity contribution in [1.29, 1.82) is 0 Å². The van der Waals surface area contributed by atoms with Crippen LogP contribution in [0.15, 0.2) is 18.2 Å². The summed E-state index contributed by atoms with van der Waals surface area (Å²) in [6.45, 7) is 9.12. The van der Waals surface area contributed by atoms with Gasteiger partial charge < -0.3 is 19.9 Å². The highest BCUT2D eigenvalue weighted by atomic mass is 16.5. The quantitative estimate of drug-likeness (QED) is 0.759. The first kappa shape index (κ1) is 14.6. The smallest absolute Gasteiger partial charge is 0.146 e. The van der Waals surface area contributed by atoms with E-state index in [9.17, 15) is 0 Å². The summed E-state index contributed by atoms with van der Waals surface area (Å²) < 4.78 is 16.7. The lowest BCUT2D eigenvalue weighted by atomic mass is 10.2. The molecule has 1 atom stereocenters. The highest BCUT2D eigenvalue weighted by molar-refractivity contribution is 5.55. The van der Waals surface area contributed by atoms with Crippen LogP contribution in [0.3, 0.4) is 0 Å². The number of ether oxygens (including phenoxy) is 3. The molecule has 1 aromatic rings. The Balaban J connectivity index is 2.66. The molecule has 0 aliphatic heterocycles. The monoisotopic (exact) mass is 253 g/mol. The number of hydrogen-bond acceptors (Lipinski definition) is 4. The molecular weight excluding hydrogens is 230 g/mol. The molecule has 0 aliphatic carbocycles. The Morgan fingerprint density at radius 1 is 1.17 bits per heavy atom. The molecule has 18 heavy (non-hydrogen) atoms. The molecular formula is C14H23NO3. The van der Waals surface area contributed by atoms with Crippen LogP contribution in [-0.4, -0.2) is 25.4 Å². The first-order valence-electron chi connectivity index (χ1n) is 6.33. The first-order valence-corrected chi connectivity index (χ1v) is 6.33. The van der Waals surface area contributed by atoms with Gasteiger partial charge in [-0.1, -0.05) is 0 Å². The van der Waals surface area contributed by atoms with Gasteiger partial charge in [-0.2, -0.15) is 0 Å². The average Bonchev–Trinajstić information content (AvgIpc) is 2.30. The second kappa shape index (κ2) is 7.11. The molecule has 4 nitrogen and oxygen atoms in total. The molecule has 0 radical (unpaired) electrons. The third-order valence-electron chi connectivity index (χ3n) is 2.24. The standard InChI is InChI=1S/C14H23NO3/c1-5-16-9-11(4)18-12-6-7-13(15)14(8-12)17-10(2)3/h6-8,10-11H,5,9,15H2,1-4H3. The second-order valence-electron chi connectivity index (χ2n) is 4.45. The van der Waals surface area contributed by atoms with Crippen molar-refractivity contribution in [3.05, 3.63) is 18.2 Å². The van der Waals surface area contributed by atoms with E-state index in [2.05, 4.69) is 0 Å². The zero-order valence-electron chi connectivity index (χ0n) is 11.6. The number of rotatable bonds is 7. The topological polar surface area (TPSA) is 53.7 Å². The molecule has 4 heteroatoms. The van der Waals surface area contributed by atoms with Crippen molar-refractivity contribution in [2.75, 3.05) is 18.9 Å². The third-order valence-corrected chi connectivity index (χ3v) is 2.24. The van der Waals surface area contributed by atoms with Gasteiger partial charge in [-0.05, 0) is 39.8 Å². The highest BCUT2D eigenvalue weighted by Crippen LogP contribution is 2.28. The van der Waals surface area contributed by atoms with Crippen molar-refractivity contribution in [3.63, 3.8) is 0 Å². The van der Waals surface area contributed by atoms with Crippen molar-refractivity contribution < 1.29 is 14.2 Å². The Kier molecular flexibility index (Phi) is 5.78. The van der Waals surface area contributed by atoms with Crippen LogP contribution in [0.1, 0.15) is 27.7 Å². The van der Waals surface area contributed by atoms with Crippen molar-refractivity contribution in [1.82, 2.24) is 0 Å². The Morgan fingerprint density at radius 2 is 1.89 bits per heavy atom. The van der Waals surface area contributed by atoms with Gasteiger partial charge in [0.05, 0.1) is 18.4 Å². The molecule has 0 saturated carbocycles. The van der Waals surface area contributed by atoms with Crippen LogP contribution in [0, 0.1) is 0 Å². The van der Waals surface area contributed by atoms with Gasteiger partial charge in [0.25, 0.3) is 0 Å². The van der Waals surface area contributed by atoms with Crippen LogP contribution in [0.25, 0.3) is 0 Å². The third kappa shape index (κ3) is 4.84. The van der Waals surface area contributed by atoms with Gasteiger partial charge in [-0.3, -0.25) is 0 Å². The van der Waals surface area contributed by atoms with Gasteiger partial charge in [-0.15, -0.1) is 0 Å². The average molecular weight is 253 g/mol. The van der Waals surface area contributed by atoms with Crippen LogP contribution >= 0.6 is 0 Å². The zero-order valence-corrected chi connectivity index (χ0v) is 11.6. The molecule has 1 unspecified atom stereocenters. The van der Waals surface area contributed by atoms with E-state index in [0.717, 1.165) is 5.75 Å². The van der Waals surface area contributed by atoms with Gasteiger partial charge in [0.2, 0.25) is 0 Å². The SMILES string of the molecule is CCOCC(C)Oc1ccc(N)c(OC(C)C)c1. The Hall–Kier alpha value is -1.42. The normalized spacial score (nSPS) is 12.5. The van der Waals surface area contributed by atoms with E-state index >= 15 is 0 Å². The fourth-order valence-electron chi connectivity index (χ4n) is 1.49. The molecule has 1 rings (SSSR count). The van der Waals surface area contributed by atoms with E-state index in [1.54, 1.807) is 6.07 Å². The first-order chi connectivity index (χ1) is 8.52. The predicted molar refractivity (Wildman–Crippen MR) is 73.2 cm³/mol. The lowest BCUT2D eigenvalue weighted by Crippen LogP contribution is -2.19. The number of nitrogens with two attached hydrogens (primary N) is 1. The number of nitrogen functional groups attached to an aromatic ring is 1. The van der Waals surface area contributed by atoms with E-state index in [4.69, 9.17) is 19.9 Å². The molecule has 2 N–H and O–H groups in total. The summed E-state index contributed by atoms with van der Waals surface area (Å²) >= 11 is 0. The maximum atomic E-state index is 5.84. The van der Waals surface area contributed by atoms with E-state index in [1.807, 2.05) is 39.8 Å². The summed E-state index contributed by atoms with van der Waals surface area (Å²) in [5.41, 5.74) is 6.46. The molecule has 0 spiro atoms. The van der Waals surface area contributed by atoms with Gasteiger partial charge in [0.15, 0.2) is 0 Å². The maximum Gasteiger partial charge on any atom is 0.146 e. The number of benzene rings is 1. The van der Waals surface area contributed by atoms with Crippen LogP contribution < -0.4 is 15.2 Å². The lowest BCUT2D eigenvalue weighted by Gasteiger charge is -2.17. The van der Waals surface area contributed by atoms with Gasteiger partial charge in [0, 0.05) is 12.7 Å². The largest absolute Gasteiger partial charge is 0.489 e. The summed E-state index contributed by atoms with van der Waals surface area (Å²) in [6.07, 6.45) is 0.0869. The van der Waals surface area contributed by atoms with Crippen molar-refractivity contribution >= 4 is 5.69 Å². The summed E-state index contributed by atoms with van der Waals surface area (Å²) in [5, 5.41) is 0. The Labute approximate surface area is 109 Å². The summed E-state index contributed by atoms with van der Waals surface area (Å²) in [6, 6.07) is 5.45. The summed E-state index contributed by atoms with van der Waals surface area (Å²) in [4.78, 5) is 0. The Bertz CT molecular complexity index is 366. The van der Waals surface area contributed by atoms with Gasteiger partial charge >= 0.3 is 0 Å². The van der Waals surface area contributed by atoms with Crippen LogP contribution in [0.5, 0.6) is 11.5 Å². The Morgan fingerprint density at radius 3 is 2.50 bits per heavy atom. The fourth-order valence-corrected chi connectivity index (χ4v) is 1.49. The molecule has 0 heterocycles.